The molecule has 1 amide bonds. The van der Waals surface area contributed by atoms with E-state index < -0.39 is 0 Å². The van der Waals surface area contributed by atoms with E-state index in [-0.39, 0.29) is 5.91 Å². The highest BCUT2D eigenvalue weighted by molar-refractivity contribution is 6.00. The number of nitrogens with one attached hydrogen (secondary N) is 1. The molecule has 2 aromatic rings. The Bertz CT molecular complexity index is 756. The Hall–Kier alpha value is -2.42. The second-order valence-corrected chi connectivity index (χ2v) is 6.96. The topological polar surface area (TPSA) is 41.5 Å². The fourth-order valence-electron chi connectivity index (χ4n) is 3.48. The van der Waals surface area contributed by atoms with Gasteiger partial charge in [0.05, 0.1) is 5.71 Å². The van der Waals surface area contributed by atoms with Gasteiger partial charge in [-0.25, -0.2) is 5.43 Å². The van der Waals surface area contributed by atoms with Crippen LogP contribution in [0.1, 0.15) is 72.0 Å². The van der Waals surface area contributed by atoms with Crippen molar-refractivity contribution in [2.24, 2.45) is 5.10 Å². The van der Waals surface area contributed by atoms with Crippen molar-refractivity contribution in [2.45, 2.75) is 51.9 Å². The first-order valence-electron chi connectivity index (χ1n) is 9.15. The molecule has 1 N–H and O–H groups in total. The van der Waals surface area contributed by atoms with E-state index in [1.54, 1.807) is 6.07 Å². The van der Waals surface area contributed by atoms with Crippen molar-refractivity contribution in [1.82, 2.24) is 5.43 Å². The molecule has 0 aliphatic heterocycles. The Balaban J connectivity index is 1.64. The minimum atomic E-state index is -0.179. The van der Waals surface area contributed by atoms with Gasteiger partial charge in [-0.05, 0) is 55.9 Å². The van der Waals surface area contributed by atoms with E-state index in [4.69, 9.17) is 0 Å². The fraction of sp³-hybridized carbons (Fsp3) is 0.364. The molecule has 1 fully saturated rings. The summed E-state index contributed by atoms with van der Waals surface area (Å²) in [5.74, 6) is 0.531. The van der Waals surface area contributed by atoms with E-state index in [9.17, 15) is 4.79 Å². The molecule has 0 spiro atoms. The predicted molar refractivity (Wildman–Crippen MR) is 103 cm³/mol. The Kier molecular flexibility index (Phi) is 5.64. The molecule has 1 aliphatic carbocycles. The molecular weight excluding hydrogens is 308 g/mol. The van der Waals surface area contributed by atoms with E-state index in [0.29, 0.717) is 11.5 Å². The summed E-state index contributed by atoms with van der Waals surface area (Å²) in [6.45, 7) is 3.89. The van der Waals surface area contributed by atoms with Gasteiger partial charge in [0, 0.05) is 5.56 Å². The number of amides is 1. The van der Waals surface area contributed by atoms with Crippen LogP contribution in [0.4, 0.5) is 0 Å². The zero-order valence-electron chi connectivity index (χ0n) is 15.1. The fourth-order valence-corrected chi connectivity index (χ4v) is 3.48. The van der Waals surface area contributed by atoms with Gasteiger partial charge in [0.2, 0.25) is 0 Å². The first-order chi connectivity index (χ1) is 12.1. The number of nitrogens with zero attached hydrogens (tertiary/aromatic N) is 1. The maximum absolute atomic E-state index is 12.2. The van der Waals surface area contributed by atoms with Gasteiger partial charge in [-0.15, -0.1) is 0 Å². The van der Waals surface area contributed by atoms with Crippen LogP contribution >= 0.6 is 0 Å². The molecule has 0 unspecified atom stereocenters. The summed E-state index contributed by atoms with van der Waals surface area (Å²) >= 11 is 0. The Morgan fingerprint density at radius 2 is 1.72 bits per heavy atom. The zero-order valence-corrected chi connectivity index (χ0v) is 15.1. The van der Waals surface area contributed by atoms with Crippen LogP contribution in [-0.4, -0.2) is 11.6 Å². The normalized spacial score (nSPS) is 15.8. The number of hydrogen-bond acceptors (Lipinski definition) is 2. The summed E-state index contributed by atoms with van der Waals surface area (Å²) in [4.78, 5) is 12.2. The largest absolute Gasteiger partial charge is 0.271 e. The molecule has 25 heavy (non-hydrogen) atoms. The summed E-state index contributed by atoms with van der Waals surface area (Å²) in [5.41, 5.74) is 7.63. The minimum absolute atomic E-state index is 0.179. The van der Waals surface area contributed by atoms with E-state index in [2.05, 4.69) is 34.8 Å². The molecule has 0 bridgehead atoms. The van der Waals surface area contributed by atoms with Gasteiger partial charge in [-0.3, -0.25) is 4.79 Å². The van der Waals surface area contributed by atoms with E-state index >= 15 is 0 Å². The molecule has 0 atom stereocenters. The molecular formula is C22H26N2O. The lowest BCUT2D eigenvalue weighted by atomic mass is 9.84. The number of aryl methyl sites for hydroxylation is 1. The number of carbonyl (C=O) groups is 1. The summed E-state index contributed by atoms with van der Waals surface area (Å²) in [6.07, 6.45) is 6.68. The van der Waals surface area contributed by atoms with Crippen molar-refractivity contribution in [3.8, 4) is 0 Å². The Labute approximate surface area is 150 Å². The highest BCUT2D eigenvalue weighted by Crippen LogP contribution is 2.32. The minimum Gasteiger partial charge on any atom is -0.267 e. The highest BCUT2D eigenvalue weighted by Gasteiger charge is 2.15. The van der Waals surface area contributed by atoms with Crippen molar-refractivity contribution in [2.75, 3.05) is 0 Å². The molecule has 3 nitrogen and oxygen atoms in total. The average Bonchev–Trinajstić information content (AvgIpc) is 2.66. The summed E-state index contributed by atoms with van der Waals surface area (Å²) in [5, 5.41) is 4.26. The summed E-state index contributed by atoms with van der Waals surface area (Å²) < 4.78 is 0. The molecule has 1 saturated carbocycles. The van der Waals surface area contributed by atoms with Gasteiger partial charge in [0.25, 0.3) is 5.91 Å². The Morgan fingerprint density at radius 3 is 2.40 bits per heavy atom. The quantitative estimate of drug-likeness (QED) is 0.606. The maximum atomic E-state index is 12.2. The van der Waals surface area contributed by atoms with Crippen LogP contribution < -0.4 is 5.43 Å². The van der Waals surface area contributed by atoms with Crippen LogP contribution in [-0.2, 0) is 0 Å². The van der Waals surface area contributed by atoms with E-state index in [0.717, 1.165) is 16.8 Å². The lowest BCUT2D eigenvalue weighted by Gasteiger charge is -2.22. The maximum Gasteiger partial charge on any atom is 0.271 e. The molecule has 2 aromatic carbocycles. The van der Waals surface area contributed by atoms with Gasteiger partial charge in [0.1, 0.15) is 0 Å². The second kappa shape index (κ2) is 8.11. The molecule has 0 aromatic heterocycles. The predicted octanol–water partition coefficient (Wildman–Crippen LogP) is 5.20. The first kappa shape index (κ1) is 17.4. The standard InChI is InChI=1S/C22H26N2O/c1-16-7-6-10-21(15-16)22(25)24-23-17(2)18-11-13-20(14-12-18)19-8-4-3-5-9-19/h6-7,10-15,19H,3-5,8-9H2,1-2H3,(H,24,25)/b23-17+. The molecule has 0 radical (unpaired) electrons. The SMILES string of the molecule is C/C(=N\NC(=O)c1cccc(C)c1)c1ccc(C2CCCCC2)cc1. The van der Waals surface area contributed by atoms with E-state index in [1.807, 2.05) is 32.0 Å². The van der Waals surface area contributed by atoms with Gasteiger partial charge in [0.15, 0.2) is 0 Å². The number of rotatable bonds is 4. The second-order valence-electron chi connectivity index (χ2n) is 6.96. The van der Waals surface area contributed by atoms with Crippen molar-refractivity contribution < 1.29 is 4.79 Å². The van der Waals surface area contributed by atoms with Crippen LogP contribution in [0.2, 0.25) is 0 Å². The molecule has 1 aliphatic rings. The molecule has 130 valence electrons. The highest BCUT2D eigenvalue weighted by atomic mass is 16.2. The number of carbonyl (C=O) groups excluding carboxylic acids is 1. The summed E-state index contributed by atoms with van der Waals surface area (Å²) in [7, 11) is 0. The number of hydrazone groups is 1. The molecule has 3 rings (SSSR count). The Morgan fingerprint density at radius 1 is 1.00 bits per heavy atom. The molecule has 0 heterocycles. The number of benzene rings is 2. The third kappa shape index (κ3) is 4.56. The summed E-state index contributed by atoms with van der Waals surface area (Å²) in [6, 6.07) is 16.2. The van der Waals surface area contributed by atoms with Crippen LogP contribution in [0.15, 0.2) is 53.6 Å². The number of hydrogen-bond donors (Lipinski definition) is 1. The zero-order chi connectivity index (χ0) is 17.6. The van der Waals surface area contributed by atoms with Crippen molar-refractivity contribution in [3.63, 3.8) is 0 Å². The van der Waals surface area contributed by atoms with E-state index in [1.165, 1.54) is 37.7 Å². The molecule has 3 heteroatoms. The van der Waals surface area contributed by atoms with Gasteiger partial charge in [-0.2, -0.15) is 5.10 Å². The van der Waals surface area contributed by atoms with Gasteiger partial charge < -0.3 is 0 Å². The van der Waals surface area contributed by atoms with Crippen molar-refractivity contribution in [3.05, 3.63) is 70.8 Å². The first-order valence-corrected chi connectivity index (χ1v) is 9.15. The van der Waals surface area contributed by atoms with Crippen LogP contribution in [0.5, 0.6) is 0 Å². The molecule has 0 saturated heterocycles. The van der Waals surface area contributed by atoms with Crippen molar-refractivity contribution in [1.29, 1.82) is 0 Å². The van der Waals surface area contributed by atoms with Gasteiger partial charge >= 0.3 is 0 Å². The van der Waals surface area contributed by atoms with Gasteiger partial charge in [-0.1, -0.05) is 61.2 Å². The van der Waals surface area contributed by atoms with Crippen molar-refractivity contribution >= 4 is 11.6 Å². The third-order valence-corrected chi connectivity index (χ3v) is 5.01. The lowest BCUT2D eigenvalue weighted by Crippen LogP contribution is -2.19. The van der Waals surface area contributed by atoms with Crippen LogP contribution in [0.25, 0.3) is 0 Å². The smallest absolute Gasteiger partial charge is 0.267 e. The third-order valence-electron chi connectivity index (χ3n) is 5.01. The van der Waals surface area contributed by atoms with Crippen LogP contribution in [0, 0.1) is 6.92 Å². The lowest BCUT2D eigenvalue weighted by molar-refractivity contribution is 0.0954. The average molecular weight is 334 g/mol. The van der Waals surface area contributed by atoms with Crippen LogP contribution in [0.3, 0.4) is 0 Å². The monoisotopic (exact) mass is 334 g/mol.